The standard InChI is InChI=1S/C14H27N3O/c1-4-13(11-18)17-9-7-16(8-10-17)6-5-14(2,3)12-15/h13,18H,4-11H2,1-3H3. The Balaban J connectivity index is 2.30. The Morgan fingerprint density at radius 1 is 1.28 bits per heavy atom. The first-order chi connectivity index (χ1) is 8.52. The second-order valence-electron chi connectivity index (χ2n) is 5.87. The summed E-state index contributed by atoms with van der Waals surface area (Å²) in [5.41, 5.74) is -0.214. The normalized spacial score (nSPS) is 20.6. The molecule has 0 radical (unpaired) electrons. The van der Waals surface area contributed by atoms with Crippen molar-refractivity contribution < 1.29 is 5.11 Å². The smallest absolute Gasteiger partial charge is 0.0684 e. The molecule has 1 unspecified atom stereocenters. The van der Waals surface area contributed by atoms with Crippen LogP contribution in [0.4, 0.5) is 0 Å². The number of hydrogen-bond donors (Lipinski definition) is 1. The minimum absolute atomic E-state index is 0.214. The summed E-state index contributed by atoms with van der Waals surface area (Å²) in [5, 5.41) is 18.3. The van der Waals surface area contributed by atoms with Gasteiger partial charge < -0.3 is 10.0 Å². The minimum atomic E-state index is -0.214. The van der Waals surface area contributed by atoms with E-state index in [0.717, 1.165) is 45.6 Å². The summed E-state index contributed by atoms with van der Waals surface area (Å²) in [6.45, 7) is 11.6. The SMILES string of the molecule is CCC(CO)N1CCN(CCC(C)(C)C#N)CC1. The molecular formula is C14H27N3O. The lowest BCUT2D eigenvalue weighted by molar-refractivity contribution is 0.0607. The number of aliphatic hydroxyl groups excluding tert-OH is 1. The fourth-order valence-corrected chi connectivity index (χ4v) is 2.35. The monoisotopic (exact) mass is 253 g/mol. The molecule has 1 aliphatic heterocycles. The number of hydrogen-bond acceptors (Lipinski definition) is 4. The van der Waals surface area contributed by atoms with Crippen molar-refractivity contribution in [3.05, 3.63) is 0 Å². The predicted molar refractivity (Wildman–Crippen MR) is 73.2 cm³/mol. The van der Waals surface area contributed by atoms with Gasteiger partial charge in [0.2, 0.25) is 0 Å². The van der Waals surface area contributed by atoms with E-state index in [0.29, 0.717) is 6.04 Å². The van der Waals surface area contributed by atoms with Crippen molar-refractivity contribution in [3.63, 3.8) is 0 Å². The van der Waals surface area contributed by atoms with Crippen molar-refractivity contribution in [2.24, 2.45) is 5.41 Å². The van der Waals surface area contributed by atoms with Crippen molar-refractivity contribution in [2.45, 2.75) is 39.7 Å². The number of piperazine rings is 1. The van der Waals surface area contributed by atoms with Crippen LogP contribution >= 0.6 is 0 Å². The summed E-state index contributed by atoms with van der Waals surface area (Å²) >= 11 is 0. The van der Waals surface area contributed by atoms with E-state index < -0.39 is 0 Å². The first-order valence-corrected chi connectivity index (χ1v) is 7.01. The molecule has 0 saturated carbocycles. The third-order valence-electron chi connectivity index (χ3n) is 3.96. The van der Waals surface area contributed by atoms with E-state index >= 15 is 0 Å². The molecule has 0 amide bonds. The maximum Gasteiger partial charge on any atom is 0.0684 e. The largest absolute Gasteiger partial charge is 0.395 e. The summed E-state index contributed by atoms with van der Waals surface area (Å²) in [6.07, 6.45) is 1.94. The van der Waals surface area contributed by atoms with Crippen LogP contribution in [0.15, 0.2) is 0 Å². The maximum atomic E-state index is 9.29. The van der Waals surface area contributed by atoms with Gasteiger partial charge in [-0.05, 0) is 33.2 Å². The lowest BCUT2D eigenvalue weighted by atomic mass is 9.91. The van der Waals surface area contributed by atoms with Crippen molar-refractivity contribution in [1.82, 2.24) is 9.80 Å². The predicted octanol–water partition coefficient (Wildman–Crippen LogP) is 1.31. The maximum absolute atomic E-state index is 9.29. The highest BCUT2D eigenvalue weighted by molar-refractivity contribution is 4.92. The van der Waals surface area contributed by atoms with Crippen LogP contribution in [0.5, 0.6) is 0 Å². The average Bonchev–Trinajstić information content (AvgIpc) is 2.39. The van der Waals surface area contributed by atoms with Crippen LogP contribution in [0.3, 0.4) is 0 Å². The van der Waals surface area contributed by atoms with E-state index in [-0.39, 0.29) is 12.0 Å². The fraction of sp³-hybridized carbons (Fsp3) is 0.929. The van der Waals surface area contributed by atoms with Crippen molar-refractivity contribution in [1.29, 1.82) is 5.26 Å². The molecule has 1 saturated heterocycles. The first-order valence-electron chi connectivity index (χ1n) is 7.01. The summed E-state index contributed by atoms with van der Waals surface area (Å²) in [5.74, 6) is 0. The van der Waals surface area contributed by atoms with Crippen LogP contribution in [-0.2, 0) is 0 Å². The molecule has 104 valence electrons. The van der Waals surface area contributed by atoms with Gasteiger partial charge in [-0.15, -0.1) is 0 Å². The van der Waals surface area contributed by atoms with Gasteiger partial charge in [-0.3, -0.25) is 4.90 Å². The fourth-order valence-electron chi connectivity index (χ4n) is 2.35. The van der Waals surface area contributed by atoms with Gasteiger partial charge in [0.05, 0.1) is 18.1 Å². The molecule has 18 heavy (non-hydrogen) atoms. The number of rotatable bonds is 6. The Morgan fingerprint density at radius 2 is 1.89 bits per heavy atom. The second-order valence-corrected chi connectivity index (χ2v) is 5.87. The number of nitriles is 1. The van der Waals surface area contributed by atoms with Crippen LogP contribution < -0.4 is 0 Å². The lowest BCUT2D eigenvalue weighted by Gasteiger charge is -2.39. The molecule has 0 aromatic rings. The van der Waals surface area contributed by atoms with E-state index in [1.165, 1.54) is 0 Å². The summed E-state index contributed by atoms with van der Waals surface area (Å²) in [7, 11) is 0. The van der Waals surface area contributed by atoms with Gasteiger partial charge in [0.1, 0.15) is 0 Å². The first kappa shape index (κ1) is 15.4. The zero-order valence-electron chi connectivity index (χ0n) is 12.0. The molecule has 4 heteroatoms. The van der Waals surface area contributed by atoms with Crippen molar-refractivity contribution in [2.75, 3.05) is 39.3 Å². The van der Waals surface area contributed by atoms with Gasteiger partial charge in [-0.25, -0.2) is 0 Å². The Kier molecular flexibility index (Phi) is 6.07. The minimum Gasteiger partial charge on any atom is -0.395 e. The van der Waals surface area contributed by atoms with E-state index in [1.54, 1.807) is 0 Å². The molecule has 0 aromatic heterocycles. The van der Waals surface area contributed by atoms with E-state index in [4.69, 9.17) is 5.26 Å². The highest BCUT2D eigenvalue weighted by Crippen LogP contribution is 2.19. The van der Waals surface area contributed by atoms with Crippen LogP contribution in [0.2, 0.25) is 0 Å². The van der Waals surface area contributed by atoms with Crippen molar-refractivity contribution in [3.8, 4) is 6.07 Å². The summed E-state index contributed by atoms with van der Waals surface area (Å²) < 4.78 is 0. The van der Waals surface area contributed by atoms with E-state index in [2.05, 4.69) is 22.8 Å². The topological polar surface area (TPSA) is 50.5 Å². The Labute approximate surface area is 111 Å². The molecule has 1 fully saturated rings. The molecule has 1 atom stereocenters. The number of nitrogens with zero attached hydrogens (tertiary/aromatic N) is 3. The average molecular weight is 253 g/mol. The quantitative estimate of drug-likeness (QED) is 0.775. The molecule has 0 aromatic carbocycles. The Bertz CT molecular complexity index is 273. The van der Waals surface area contributed by atoms with Gasteiger partial charge in [0, 0.05) is 32.2 Å². The molecule has 0 bridgehead atoms. The molecule has 1 N–H and O–H groups in total. The molecule has 0 aliphatic carbocycles. The van der Waals surface area contributed by atoms with Crippen LogP contribution in [0.25, 0.3) is 0 Å². The van der Waals surface area contributed by atoms with Gasteiger partial charge in [0.15, 0.2) is 0 Å². The zero-order chi connectivity index (χ0) is 13.6. The highest BCUT2D eigenvalue weighted by Gasteiger charge is 2.24. The van der Waals surface area contributed by atoms with E-state index in [1.807, 2.05) is 13.8 Å². The van der Waals surface area contributed by atoms with Crippen LogP contribution in [-0.4, -0.2) is 60.3 Å². The van der Waals surface area contributed by atoms with Gasteiger partial charge in [-0.2, -0.15) is 5.26 Å². The molecule has 0 spiro atoms. The second kappa shape index (κ2) is 7.08. The molecule has 1 aliphatic rings. The third kappa shape index (κ3) is 4.56. The Morgan fingerprint density at radius 3 is 2.33 bits per heavy atom. The molecule has 1 rings (SSSR count). The molecule has 1 heterocycles. The molecule has 4 nitrogen and oxygen atoms in total. The zero-order valence-corrected chi connectivity index (χ0v) is 12.0. The molecular weight excluding hydrogens is 226 g/mol. The van der Waals surface area contributed by atoms with Crippen LogP contribution in [0, 0.1) is 16.7 Å². The highest BCUT2D eigenvalue weighted by atomic mass is 16.3. The summed E-state index contributed by atoms with van der Waals surface area (Å²) in [6, 6.07) is 2.68. The van der Waals surface area contributed by atoms with Crippen molar-refractivity contribution >= 4 is 0 Å². The van der Waals surface area contributed by atoms with E-state index in [9.17, 15) is 5.11 Å². The Hall–Kier alpha value is -0.630. The van der Waals surface area contributed by atoms with Gasteiger partial charge in [-0.1, -0.05) is 6.92 Å². The van der Waals surface area contributed by atoms with Gasteiger partial charge in [0.25, 0.3) is 0 Å². The summed E-state index contributed by atoms with van der Waals surface area (Å²) in [4.78, 5) is 4.81. The third-order valence-corrected chi connectivity index (χ3v) is 3.96. The van der Waals surface area contributed by atoms with Gasteiger partial charge >= 0.3 is 0 Å². The van der Waals surface area contributed by atoms with Crippen LogP contribution in [0.1, 0.15) is 33.6 Å². The lowest BCUT2D eigenvalue weighted by Crippen LogP contribution is -2.51. The number of aliphatic hydroxyl groups is 1.